The Balaban J connectivity index is 1.22. The molecule has 11 rings (SSSR count). The molecule has 0 amide bonds. The predicted molar refractivity (Wildman–Crippen MR) is 326 cm³/mol. The Bertz CT molecular complexity index is 3630. The van der Waals surface area contributed by atoms with E-state index >= 15 is 0 Å². The second kappa shape index (κ2) is 18.1. The molecule has 0 aliphatic carbocycles. The van der Waals surface area contributed by atoms with Gasteiger partial charge in [-0.2, -0.15) is 0 Å². The molecule has 2 aliphatic heterocycles. The van der Waals surface area contributed by atoms with Crippen LogP contribution in [-0.2, 0) is 21.7 Å². The topological polar surface area (TPSA) is 32.1 Å². The first-order valence-electron chi connectivity index (χ1n) is 27.2. The lowest BCUT2D eigenvalue weighted by Crippen LogP contribution is -2.61. The molecular formula is C70H74BN3O2. The third kappa shape index (κ3) is 9.28. The summed E-state index contributed by atoms with van der Waals surface area (Å²) in [4.78, 5) is 7.46. The van der Waals surface area contributed by atoms with Gasteiger partial charge in [0.15, 0.2) is 0 Å². The van der Waals surface area contributed by atoms with Gasteiger partial charge in [0.1, 0.15) is 11.4 Å². The van der Waals surface area contributed by atoms with Gasteiger partial charge >= 0.3 is 0 Å². The summed E-state index contributed by atoms with van der Waals surface area (Å²) >= 11 is 0. The Kier molecular flexibility index (Phi) is 12.1. The van der Waals surface area contributed by atoms with Crippen LogP contribution in [0.5, 0.6) is 5.75 Å². The Hall–Kier alpha value is -7.44. The van der Waals surface area contributed by atoms with Gasteiger partial charge in [-0.05, 0) is 153 Å². The van der Waals surface area contributed by atoms with Crippen LogP contribution in [0.1, 0.15) is 126 Å². The number of nitrogens with zero attached hydrogens (tertiary/aromatic N) is 3. The average Bonchev–Trinajstić information content (AvgIpc) is 3.94. The molecule has 0 unspecified atom stereocenters. The molecule has 0 bridgehead atoms. The Morgan fingerprint density at radius 2 is 0.895 bits per heavy atom. The molecule has 0 atom stereocenters. The molecule has 0 spiro atoms. The monoisotopic (exact) mass is 1000 g/mol. The zero-order chi connectivity index (χ0) is 53.9. The highest BCUT2D eigenvalue weighted by atomic mass is 16.5. The SMILES string of the molecule is CC(C)(C)Oc1cc2c3c(c1)N(c1ccc(C(C)(C)C)cc1)c1cc4cocc4cc1B3c1ccc(N(c3ccc(C(C)(C)C)cc3)c3ccc(C(C)(C)C)cc3-c3ccccc3)cc1N2c1ccc(C(C)(C)C)cc1. The second-order valence-corrected chi connectivity index (χ2v) is 26.4. The van der Waals surface area contributed by atoms with Crippen LogP contribution in [0.25, 0.3) is 21.9 Å². The van der Waals surface area contributed by atoms with Crippen LogP contribution >= 0.6 is 0 Å². The summed E-state index contributed by atoms with van der Waals surface area (Å²) in [6.07, 6.45) is 3.77. The fraction of sp³-hybridized carbons (Fsp3) is 0.286. The van der Waals surface area contributed by atoms with E-state index in [-0.39, 0.29) is 28.4 Å². The summed E-state index contributed by atoms with van der Waals surface area (Å²) in [5.41, 5.74) is 20.5. The fourth-order valence-corrected chi connectivity index (χ4v) is 11.3. The van der Waals surface area contributed by atoms with E-state index in [4.69, 9.17) is 9.15 Å². The zero-order valence-electron chi connectivity index (χ0n) is 47.5. The third-order valence-electron chi connectivity index (χ3n) is 15.5. The molecule has 0 N–H and O–H groups in total. The minimum atomic E-state index is -0.462. The highest BCUT2D eigenvalue weighted by molar-refractivity contribution is 7.00. The van der Waals surface area contributed by atoms with E-state index in [2.05, 4.69) is 282 Å². The van der Waals surface area contributed by atoms with Crippen LogP contribution < -0.4 is 35.8 Å². The summed E-state index contributed by atoms with van der Waals surface area (Å²) < 4.78 is 13.0. The van der Waals surface area contributed by atoms with Crippen LogP contribution in [0.2, 0.25) is 0 Å². The van der Waals surface area contributed by atoms with Crippen molar-refractivity contribution in [3.05, 3.63) is 199 Å². The molecule has 76 heavy (non-hydrogen) atoms. The van der Waals surface area contributed by atoms with Crippen molar-refractivity contribution in [2.45, 2.75) is 131 Å². The maximum absolute atomic E-state index is 7.02. The van der Waals surface area contributed by atoms with Crippen molar-refractivity contribution < 1.29 is 9.15 Å². The largest absolute Gasteiger partial charge is 0.488 e. The average molecular weight is 1000 g/mol. The summed E-state index contributed by atoms with van der Waals surface area (Å²) in [5, 5.41) is 2.14. The van der Waals surface area contributed by atoms with E-state index in [1.165, 1.54) is 49.8 Å². The van der Waals surface area contributed by atoms with Gasteiger partial charge in [0.25, 0.3) is 6.71 Å². The summed E-state index contributed by atoms with van der Waals surface area (Å²) in [6, 6.07) is 62.1. The molecule has 0 saturated heterocycles. The third-order valence-corrected chi connectivity index (χ3v) is 15.5. The smallest absolute Gasteiger partial charge is 0.252 e. The molecule has 6 heteroatoms. The van der Waals surface area contributed by atoms with Gasteiger partial charge in [-0.1, -0.05) is 168 Å². The normalized spacial score (nSPS) is 13.6. The van der Waals surface area contributed by atoms with Crippen molar-refractivity contribution in [1.29, 1.82) is 0 Å². The van der Waals surface area contributed by atoms with E-state index in [9.17, 15) is 0 Å². The molecule has 384 valence electrons. The molecule has 5 nitrogen and oxygen atoms in total. The Morgan fingerprint density at radius 3 is 1.41 bits per heavy atom. The number of furan rings is 1. The van der Waals surface area contributed by atoms with E-state index < -0.39 is 5.60 Å². The van der Waals surface area contributed by atoms with Crippen LogP contribution in [0.15, 0.2) is 181 Å². The zero-order valence-corrected chi connectivity index (χ0v) is 47.5. The molecule has 3 heterocycles. The van der Waals surface area contributed by atoms with Crippen LogP contribution in [0.4, 0.5) is 51.2 Å². The predicted octanol–water partition coefficient (Wildman–Crippen LogP) is 18.0. The minimum absolute atomic E-state index is 0.00205. The van der Waals surface area contributed by atoms with Gasteiger partial charge in [0.2, 0.25) is 0 Å². The quantitative estimate of drug-likeness (QED) is 0.149. The number of benzene rings is 8. The van der Waals surface area contributed by atoms with Gasteiger partial charge < -0.3 is 23.9 Å². The fourth-order valence-electron chi connectivity index (χ4n) is 11.3. The first-order chi connectivity index (χ1) is 35.8. The molecule has 0 radical (unpaired) electrons. The number of ether oxygens (including phenoxy) is 1. The summed E-state index contributed by atoms with van der Waals surface area (Å²) in [6.45, 7) is 33.7. The molecule has 8 aromatic carbocycles. The van der Waals surface area contributed by atoms with Crippen molar-refractivity contribution in [2.75, 3.05) is 14.7 Å². The standard InChI is InChI=1S/C70H74BN3O2/c1-66(2,3)48-21-28-52(29-22-48)72(60-36-27-51(69(10,11)12)39-57(60)45-19-17-16-18-20-45)55-34-35-58-62(40-55)74(54-32-25-50(26-33-54)68(7,8)9)64-42-56(76-70(13,14)15)41-63-65(64)71(58)59-37-46-43-75-44-47(46)38-61(59)73(63)53-30-23-49(24-31-53)67(4,5)6/h16-44H,1-15H3. The maximum Gasteiger partial charge on any atom is 0.252 e. The lowest BCUT2D eigenvalue weighted by atomic mass is 9.33. The van der Waals surface area contributed by atoms with Gasteiger partial charge in [0, 0.05) is 74.0 Å². The molecule has 2 aliphatic rings. The molecule has 0 fully saturated rings. The molecule has 0 saturated carbocycles. The van der Waals surface area contributed by atoms with Crippen molar-refractivity contribution in [3.63, 3.8) is 0 Å². The van der Waals surface area contributed by atoms with Crippen molar-refractivity contribution >= 4 is 85.1 Å². The highest BCUT2D eigenvalue weighted by Crippen LogP contribution is 2.50. The first kappa shape index (κ1) is 50.7. The van der Waals surface area contributed by atoms with Gasteiger partial charge in [-0.25, -0.2) is 0 Å². The lowest BCUT2D eigenvalue weighted by molar-refractivity contribution is 0.131. The second-order valence-electron chi connectivity index (χ2n) is 26.4. The highest BCUT2D eigenvalue weighted by Gasteiger charge is 2.45. The lowest BCUT2D eigenvalue weighted by Gasteiger charge is -2.45. The number of fused-ring (bicyclic) bond motifs is 5. The summed E-state index contributed by atoms with van der Waals surface area (Å²) in [7, 11) is 0. The number of rotatable bonds is 7. The minimum Gasteiger partial charge on any atom is -0.488 e. The van der Waals surface area contributed by atoms with Crippen LogP contribution in [-0.4, -0.2) is 12.3 Å². The van der Waals surface area contributed by atoms with Gasteiger partial charge in [0.05, 0.1) is 18.2 Å². The van der Waals surface area contributed by atoms with E-state index in [1.807, 2.05) is 12.5 Å². The van der Waals surface area contributed by atoms with E-state index in [0.717, 1.165) is 67.7 Å². The molecule has 9 aromatic rings. The molecular weight excluding hydrogens is 926 g/mol. The van der Waals surface area contributed by atoms with Crippen molar-refractivity contribution in [2.24, 2.45) is 0 Å². The van der Waals surface area contributed by atoms with E-state index in [1.54, 1.807) is 0 Å². The Labute approximate surface area is 453 Å². The number of hydrogen-bond donors (Lipinski definition) is 0. The van der Waals surface area contributed by atoms with Crippen molar-refractivity contribution in [1.82, 2.24) is 0 Å². The van der Waals surface area contributed by atoms with Gasteiger partial charge in [-0.15, -0.1) is 0 Å². The summed E-state index contributed by atoms with van der Waals surface area (Å²) in [5.74, 6) is 0.812. The Morgan fingerprint density at radius 1 is 0.421 bits per heavy atom. The maximum atomic E-state index is 7.02. The molecule has 1 aromatic heterocycles. The van der Waals surface area contributed by atoms with E-state index in [0.29, 0.717) is 0 Å². The van der Waals surface area contributed by atoms with Crippen LogP contribution in [0, 0.1) is 0 Å². The van der Waals surface area contributed by atoms with Gasteiger partial charge in [-0.3, -0.25) is 0 Å². The van der Waals surface area contributed by atoms with Crippen molar-refractivity contribution in [3.8, 4) is 16.9 Å². The van der Waals surface area contributed by atoms with Crippen LogP contribution in [0.3, 0.4) is 0 Å². The first-order valence-corrected chi connectivity index (χ1v) is 27.2. The number of hydrogen-bond acceptors (Lipinski definition) is 5. The number of anilines is 9.